The molecular weight excluding hydrogens is 690 g/mol. The fourth-order valence-electron chi connectivity index (χ4n) is 7.34. The van der Waals surface area contributed by atoms with Crippen LogP contribution >= 0.6 is 11.6 Å². The molecule has 1 spiro atoms. The Hall–Kier alpha value is -4.68. The summed E-state index contributed by atoms with van der Waals surface area (Å²) in [4.78, 5) is 26.8. The van der Waals surface area contributed by atoms with E-state index in [1.807, 2.05) is 58.4 Å². The number of benzene rings is 3. The van der Waals surface area contributed by atoms with Crippen molar-refractivity contribution in [2.24, 2.45) is 5.41 Å². The molecule has 1 saturated heterocycles. The van der Waals surface area contributed by atoms with Crippen LogP contribution in [0.5, 0.6) is 0 Å². The number of aromatic nitrogens is 4. The molecular formula is C38H40ClN5O6S. The number of likely N-dealkylation sites (tertiary alicyclic amines) is 1. The molecule has 1 amide bonds. The first-order valence-corrected chi connectivity index (χ1v) is 18.6. The van der Waals surface area contributed by atoms with Gasteiger partial charge >= 0.3 is 12.1 Å². The number of aryl methyl sites for hydroxylation is 2. The lowest BCUT2D eigenvalue weighted by molar-refractivity contribution is -0.0930. The molecule has 266 valence electrons. The number of nitrogens with zero attached hydrogens (tertiary/aromatic N) is 5. The van der Waals surface area contributed by atoms with Crippen LogP contribution in [0.25, 0.3) is 33.3 Å². The van der Waals surface area contributed by atoms with Crippen molar-refractivity contribution < 1.29 is 27.5 Å². The maximum absolute atomic E-state index is 13.9. The highest BCUT2D eigenvalue weighted by Gasteiger charge is 2.55. The lowest BCUT2D eigenvalue weighted by Crippen LogP contribution is -2.64. The van der Waals surface area contributed by atoms with Gasteiger partial charge in [0.15, 0.2) is 0 Å². The zero-order chi connectivity index (χ0) is 36.6. The van der Waals surface area contributed by atoms with E-state index in [2.05, 4.69) is 5.10 Å². The number of carbonyl (C=O) groups is 2. The summed E-state index contributed by atoms with van der Waals surface area (Å²) in [6.07, 6.45) is 2.91. The Labute approximate surface area is 302 Å². The summed E-state index contributed by atoms with van der Waals surface area (Å²) in [6.45, 7) is 12.6. The van der Waals surface area contributed by atoms with E-state index in [9.17, 15) is 18.0 Å². The Bertz CT molecular complexity index is 2310. The molecule has 0 N–H and O–H groups in total. The van der Waals surface area contributed by atoms with E-state index in [1.165, 1.54) is 7.11 Å². The van der Waals surface area contributed by atoms with Crippen molar-refractivity contribution in [3.05, 3.63) is 88.2 Å². The molecule has 1 saturated carbocycles. The molecule has 2 fully saturated rings. The topological polar surface area (TPSA) is 126 Å². The van der Waals surface area contributed by atoms with Gasteiger partial charge in [-0.3, -0.25) is 4.68 Å². The Morgan fingerprint density at radius 1 is 0.961 bits per heavy atom. The number of halogens is 1. The first-order chi connectivity index (χ1) is 24.0. The average molecular weight is 730 g/mol. The smallest absolute Gasteiger partial charge is 0.410 e. The van der Waals surface area contributed by atoms with Gasteiger partial charge in [0.2, 0.25) is 0 Å². The highest BCUT2D eigenvalue weighted by atomic mass is 35.5. The number of hydrogen-bond acceptors (Lipinski definition) is 8. The van der Waals surface area contributed by atoms with Crippen LogP contribution in [0, 0.1) is 26.2 Å². The summed E-state index contributed by atoms with van der Waals surface area (Å²) in [6, 6.07) is 15.5. The molecule has 0 bridgehead atoms. The van der Waals surface area contributed by atoms with Gasteiger partial charge in [0, 0.05) is 46.3 Å². The van der Waals surface area contributed by atoms with Crippen molar-refractivity contribution in [1.29, 1.82) is 0 Å². The molecule has 3 heterocycles. The molecule has 0 unspecified atom stereocenters. The van der Waals surface area contributed by atoms with Crippen molar-refractivity contribution in [3.8, 4) is 22.4 Å². The van der Waals surface area contributed by atoms with Crippen LogP contribution in [0.1, 0.15) is 66.8 Å². The van der Waals surface area contributed by atoms with Crippen molar-refractivity contribution in [2.75, 3.05) is 20.2 Å². The van der Waals surface area contributed by atoms with E-state index < -0.39 is 21.6 Å². The summed E-state index contributed by atoms with van der Waals surface area (Å²) in [7, 11) is -2.69. The van der Waals surface area contributed by atoms with Crippen LogP contribution in [0.4, 0.5) is 4.79 Å². The lowest BCUT2D eigenvalue weighted by Gasteiger charge is -2.58. The van der Waals surface area contributed by atoms with Crippen molar-refractivity contribution in [3.63, 3.8) is 0 Å². The minimum atomic E-state index is -4.03. The van der Waals surface area contributed by atoms with Crippen LogP contribution in [0.2, 0.25) is 5.02 Å². The third kappa shape index (κ3) is 5.97. The van der Waals surface area contributed by atoms with Crippen LogP contribution < -0.4 is 0 Å². The Kier molecular flexibility index (Phi) is 8.33. The first-order valence-electron chi connectivity index (χ1n) is 16.8. The van der Waals surface area contributed by atoms with E-state index >= 15 is 0 Å². The third-order valence-electron chi connectivity index (χ3n) is 9.88. The zero-order valence-corrected chi connectivity index (χ0v) is 31.2. The minimum absolute atomic E-state index is 0.00216. The molecule has 51 heavy (non-hydrogen) atoms. The molecule has 0 atom stereocenters. The number of amides is 1. The number of rotatable bonds is 6. The molecule has 5 aromatic rings. The van der Waals surface area contributed by atoms with Crippen molar-refractivity contribution in [1.82, 2.24) is 23.9 Å². The standard InChI is InChI=1S/C38H40ClN5O6S/c1-22-8-14-28(15-9-22)51(47,48)44-30-16-23(2)33(39)32(29(30)19-40-44)31-24(3)43(41-34(31)25-10-12-26(13-11-25)35(45)49-7)27-17-38(18-27)20-42(21-38)36(46)50-37(4,5)6/h8-16,19,27H,17-18,20-21H2,1-7H3. The number of methoxy groups -OCH3 is 1. The first kappa shape index (κ1) is 34.8. The summed E-state index contributed by atoms with van der Waals surface area (Å²) in [5, 5.41) is 10.6. The molecule has 2 aliphatic rings. The summed E-state index contributed by atoms with van der Waals surface area (Å²) in [5.74, 6) is -0.449. The van der Waals surface area contributed by atoms with E-state index in [0.717, 1.165) is 39.3 Å². The van der Waals surface area contributed by atoms with Gasteiger partial charge < -0.3 is 14.4 Å². The molecule has 7 rings (SSSR count). The molecule has 11 nitrogen and oxygen atoms in total. The van der Waals surface area contributed by atoms with E-state index in [-0.39, 0.29) is 22.4 Å². The highest BCUT2D eigenvalue weighted by Crippen LogP contribution is 2.55. The van der Waals surface area contributed by atoms with Gasteiger partial charge in [0.25, 0.3) is 10.0 Å². The van der Waals surface area contributed by atoms with Crippen LogP contribution in [0.3, 0.4) is 0 Å². The van der Waals surface area contributed by atoms with Gasteiger partial charge in [-0.15, -0.1) is 0 Å². The number of ether oxygens (including phenoxy) is 2. The monoisotopic (exact) mass is 729 g/mol. The summed E-state index contributed by atoms with van der Waals surface area (Å²) < 4.78 is 41.3. The Morgan fingerprint density at radius 2 is 1.61 bits per heavy atom. The van der Waals surface area contributed by atoms with Gasteiger partial charge in [-0.25, -0.2) is 9.59 Å². The molecule has 3 aromatic carbocycles. The lowest BCUT2D eigenvalue weighted by atomic mass is 9.61. The minimum Gasteiger partial charge on any atom is -0.465 e. The van der Waals surface area contributed by atoms with E-state index in [0.29, 0.717) is 51.4 Å². The quantitative estimate of drug-likeness (QED) is 0.163. The second-order valence-corrected chi connectivity index (χ2v) is 17.0. The van der Waals surface area contributed by atoms with Crippen LogP contribution in [0.15, 0.2) is 65.7 Å². The van der Waals surface area contributed by atoms with Gasteiger partial charge in [-0.2, -0.15) is 22.7 Å². The van der Waals surface area contributed by atoms with E-state index in [4.69, 9.17) is 26.2 Å². The molecule has 0 radical (unpaired) electrons. The van der Waals surface area contributed by atoms with Gasteiger partial charge in [-0.1, -0.05) is 41.4 Å². The second kappa shape index (κ2) is 12.2. The molecule has 1 aliphatic carbocycles. The predicted molar refractivity (Wildman–Crippen MR) is 194 cm³/mol. The van der Waals surface area contributed by atoms with Crippen LogP contribution in [-0.4, -0.2) is 70.1 Å². The largest absolute Gasteiger partial charge is 0.465 e. The number of esters is 1. The van der Waals surface area contributed by atoms with E-state index in [1.54, 1.807) is 53.6 Å². The Morgan fingerprint density at radius 3 is 2.22 bits per heavy atom. The van der Waals surface area contributed by atoms with Crippen molar-refractivity contribution in [2.45, 2.75) is 70.9 Å². The molecule has 2 aromatic heterocycles. The highest BCUT2D eigenvalue weighted by molar-refractivity contribution is 7.90. The fraction of sp³-hybridized carbons (Fsp3) is 0.368. The molecule has 13 heteroatoms. The maximum Gasteiger partial charge on any atom is 0.410 e. The molecule has 1 aliphatic heterocycles. The Balaban J connectivity index is 1.32. The summed E-state index contributed by atoms with van der Waals surface area (Å²) >= 11 is 7.15. The second-order valence-electron chi connectivity index (χ2n) is 14.8. The number of fused-ring (bicyclic) bond motifs is 1. The number of hydrogen-bond donors (Lipinski definition) is 0. The van der Waals surface area contributed by atoms with Gasteiger partial charge in [-0.05, 0) is 90.3 Å². The third-order valence-corrected chi connectivity index (χ3v) is 12.0. The SMILES string of the molecule is COC(=O)c1ccc(-c2nn(C3CC4(C3)CN(C(=O)OC(C)(C)C)C4)c(C)c2-c2c(Cl)c(C)cc3c2cnn3S(=O)(=O)c2ccc(C)cc2)cc1. The maximum atomic E-state index is 13.9. The van der Waals surface area contributed by atoms with Crippen LogP contribution in [-0.2, 0) is 19.5 Å². The summed E-state index contributed by atoms with van der Waals surface area (Å²) in [5.41, 5.74) is 5.48. The van der Waals surface area contributed by atoms with Gasteiger partial charge in [0.05, 0.1) is 40.3 Å². The van der Waals surface area contributed by atoms with Gasteiger partial charge in [0.1, 0.15) is 11.3 Å². The fourth-order valence-corrected chi connectivity index (χ4v) is 8.86. The zero-order valence-electron chi connectivity index (χ0n) is 29.7. The predicted octanol–water partition coefficient (Wildman–Crippen LogP) is 7.74. The number of carbonyl (C=O) groups excluding carboxylic acids is 2. The average Bonchev–Trinajstić information content (AvgIpc) is 3.61. The van der Waals surface area contributed by atoms with Crippen molar-refractivity contribution >= 4 is 44.6 Å². The normalized spacial score (nSPS) is 15.9.